The van der Waals surface area contributed by atoms with E-state index in [1.807, 2.05) is 25.1 Å². The van der Waals surface area contributed by atoms with E-state index >= 15 is 0 Å². The number of carbonyl (C=O) groups is 2. The van der Waals surface area contributed by atoms with Crippen LogP contribution in [0, 0.1) is 12.8 Å². The van der Waals surface area contributed by atoms with E-state index in [0.717, 1.165) is 15.6 Å². The molecule has 0 spiro atoms. The van der Waals surface area contributed by atoms with Crippen molar-refractivity contribution in [3.05, 3.63) is 33.8 Å². The maximum atomic E-state index is 11.7. The molecule has 1 heterocycles. The molecule has 2 rings (SSSR count). The van der Waals surface area contributed by atoms with Gasteiger partial charge in [-0.05, 0) is 30.2 Å². The average Bonchev–Trinajstić information content (AvgIpc) is 2.64. The monoisotopic (exact) mass is 311 g/mol. The number of benzene rings is 1. The summed E-state index contributed by atoms with van der Waals surface area (Å²) in [7, 11) is 0. The van der Waals surface area contributed by atoms with Crippen molar-refractivity contribution in [2.75, 3.05) is 6.54 Å². The van der Waals surface area contributed by atoms with Crippen LogP contribution < -0.4 is 0 Å². The molecule has 4 nitrogen and oxygen atoms in total. The topological polar surface area (TPSA) is 57.6 Å². The van der Waals surface area contributed by atoms with Crippen molar-refractivity contribution in [3.63, 3.8) is 0 Å². The fraction of sp³-hybridized carbons (Fsp3) is 0.385. The Bertz CT molecular complexity index is 501. The molecule has 1 fully saturated rings. The van der Waals surface area contributed by atoms with Gasteiger partial charge in [0.25, 0.3) is 0 Å². The van der Waals surface area contributed by atoms with Gasteiger partial charge in [0, 0.05) is 24.0 Å². The molecular weight excluding hydrogens is 298 g/mol. The number of carboxylic acid groups (broad SMARTS) is 1. The maximum Gasteiger partial charge on any atom is 0.308 e. The number of carboxylic acids is 1. The zero-order valence-corrected chi connectivity index (χ0v) is 11.6. The number of carbonyl (C=O) groups excluding carboxylic acids is 1. The number of aryl methyl sites for hydroxylation is 1. The molecule has 1 unspecified atom stereocenters. The minimum Gasteiger partial charge on any atom is -0.481 e. The van der Waals surface area contributed by atoms with Crippen LogP contribution in [0.15, 0.2) is 22.7 Å². The molecule has 1 aromatic rings. The predicted octanol–water partition coefficient (Wildman–Crippen LogP) is 2.19. The lowest BCUT2D eigenvalue weighted by Crippen LogP contribution is -2.26. The van der Waals surface area contributed by atoms with Crippen LogP contribution in [0.4, 0.5) is 0 Å². The summed E-state index contributed by atoms with van der Waals surface area (Å²) in [5, 5.41) is 8.92. The highest BCUT2D eigenvalue weighted by Gasteiger charge is 2.34. The average molecular weight is 312 g/mol. The SMILES string of the molecule is Cc1cc(Br)ccc1CN1CC(C(=O)O)CC1=O. The summed E-state index contributed by atoms with van der Waals surface area (Å²) >= 11 is 3.39. The van der Waals surface area contributed by atoms with Crippen LogP contribution in [0.1, 0.15) is 17.5 Å². The molecule has 0 radical (unpaired) electrons. The molecule has 1 N–H and O–H groups in total. The smallest absolute Gasteiger partial charge is 0.308 e. The highest BCUT2D eigenvalue weighted by molar-refractivity contribution is 9.10. The number of amides is 1. The van der Waals surface area contributed by atoms with Gasteiger partial charge in [-0.25, -0.2) is 0 Å². The first kappa shape index (κ1) is 13.1. The minimum absolute atomic E-state index is 0.0790. The second-order valence-electron chi connectivity index (χ2n) is 4.58. The predicted molar refractivity (Wildman–Crippen MR) is 70.0 cm³/mol. The number of hydrogen-bond donors (Lipinski definition) is 1. The highest BCUT2D eigenvalue weighted by Crippen LogP contribution is 2.23. The maximum absolute atomic E-state index is 11.7. The Kier molecular flexibility index (Phi) is 3.71. The molecule has 1 saturated heterocycles. The molecule has 5 heteroatoms. The molecule has 0 aliphatic carbocycles. The van der Waals surface area contributed by atoms with Crippen molar-refractivity contribution in [1.82, 2.24) is 4.90 Å². The molecule has 1 atom stereocenters. The molecule has 1 amide bonds. The number of aliphatic carboxylic acids is 1. The summed E-state index contributed by atoms with van der Waals surface area (Å²) in [6.45, 7) is 2.78. The first-order chi connectivity index (χ1) is 8.47. The van der Waals surface area contributed by atoms with E-state index < -0.39 is 11.9 Å². The largest absolute Gasteiger partial charge is 0.481 e. The molecule has 1 aromatic carbocycles. The van der Waals surface area contributed by atoms with Gasteiger partial charge in [-0.1, -0.05) is 22.0 Å². The Hall–Kier alpha value is -1.36. The van der Waals surface area contributed by atoms with Crippen LogP contribution in [0.3, 0.4) is 0 Å². The van der Waals surface area contributed by atoms with Crippen LogP contribution in [0.5, 0.6) is 0 Å². The van der Waals surface area contributed by atoms with Gasteiger partial charge >= 0.3 is 5.97 Å². The third-order valence-corrected chi connectivity index (χ3v) is 3.72. The fourth-order valence-electron chi connectivity index (χ4n) is 2.13. The summed E-state index contributed by atoms with van der Waals surface area (Å²) in [4.78, 5) is 24.2. The Balaban J connectivity index is 2.10. The van der Waals surface area contributed by atoms with Crippen LogP contribution in [0.25, 0.3) is 0 Å². The Labute approximate surface area is 114 Å². The second kappa shape index (κ2) is 5.10. The van der Waals surface area contributed by atoms with E-state index in [1.54, 1.807) is 4.90 Å². The molecule has 1 aliphatic rings. The van der Waals surface area contributed by atoms with Crippen molar-refractivity contribution in [2.45, 2.75) is 19.9 Å². The quantitative estimate of drug-likeness (QED) is 0.931. The number of likely N-dealkylation sites (tertiary alicyclic amines) is 1. The Morgan fingerprint density at radius 2 is 2.28 bits per heavy atom. The van der Waals surface area contributed by atoms with E-state index in [0.29, 0.717) is 13.1 Å². The molecule has 96 valence electrons. The van der Waals surface area contributed by atoms with Gasteiger partial charge in [0.15, 0.2) is 0 Å². The normalized spacial score (nSPS) is 19.3. The lowest BCUT2D eigenvalue weighted by atomic mass is 10.1. The summed E-state index contributed by atoms with van der Waals surface area (Å²) in [6.07, 6.45) is 0.116. The molecular formula is C13H14BrNO3. The number of rotatable bonds is 3. The Morgan fingerprint density at radius 1 is 1.56 bits per heavy atom. The number of halogens is 1. The van der Waals surface area contributed by atoms with Crippen molar-refractivity contribution in [1.29, 1.82) is 0 Å². The molecule has 0 aromatic heterocycles. The first-order valence-electron chi connectivity index (χ1n) is 5.73. The molecule has 1 aliphatic heterocycles. The van der Waals surface area contributed by atoms with Gasteiger partial charge < -0.3 is 10.0 Å². The molecule has 0 saturated carbocycles. The summed E-state index contributed by atoms with van der Waals surface area (Å²) in [5.74, 6) is -1.53. The van der Waals surface area contributed by atoms with Gasteiger partial charge in [-0.2, -0.15) is 0 Å². The minimum atomic E-state index is -0.890. The van der Waals surface area contributed by atoms with Crippen LogP contribution >= 0.6 is 15.9 Å². The fourth-order valence-corrected chi connectivity index (χ4v) is 2.61. The molecule has 0 bridgehead atoms. The summed E-state index contributed by atoms with van der Waals surface area (Å²) < 4.78 is 1.000. The lowest BCUT2D eigenvalue weighted by molar-refractivity contribution is -0.141. The van der Waals surface area contributed by atoms with E-state index in [1.165, 1.54) is 0 Å². The second-order valence-corrected chi connectivity index (χ2v) is 5.50. The van der Waals surface area contributed by atoms with Gasteiger partial charge in [0.05, 0.1) is 5.92 Å². The lowest BCUT2D eigenvalue weighted by Gasteiger charge is -2.17. The number of nitrogens with zero attached hydrogens (tertiary/aromatic N) is 1. The van der Waals surface area contributed by atoms with Gasteiger partial charge in [0.2, 0.25) is 5.91 Å². The molecule has 18 heavy (non-hydrogen) atoms. The zero-order chi connectivity index (χ0) is 13.3. The van der Waals surface area contributed by atoms with Crippen molar-refractivity contribution in [2.24, 2.45) is 5.92 Å². The van der Waals surface area contributed by atoms with Crippen molar-refractivity contribution in [3.8, 4) is 0 Å². The van der Waals surface area contributed by atoms with Crippen molar-refractivity contribution < 1.29 is 14.7 Å². The van der Waals surface area contributed by atoms with Gasteiger partial charge in [-0.3, -0.25) is 9.59 Å². The van der Waals surface area contributed by atoms with Crippen molar-refractivity contribution >= 4 is 27.8 Å². The van der Waals surface area contributed by atoms with Gasteiger partial charge in [-0.15, -0.1) is 0 Å². The van der Waals surface area contributed by atoms with Crippen LogP contribution in [0.2, 0.25) is 0 Å². The van der Waals surface area contributed by atoms with E-state index in [-0.39, 0.29) is 12.3 Å². The third-order valence-electron chi connectivity index (χ3n) is 3.23. The van der Waals surface area contributed by atoms with Crippen LogP contribution in [-0.2, 0) is 16.1 Å². The van der Waals surface area contributed by atoms with E-state index in [4.69, 9.17) is 5.11 Å². The summed E-state index contributed by atoms with van der Waals surface area (Å²) in [5.41, 5.74) is 2.15. The Morgan fingerprint density at radius 3 is 2.83 bits per heavy atom. The van der Waals surface area contributed by atoms with Crippen LogP contribution in [-0.4, -0.2) is 28.4 Å². The van der Waals surface area contributed by atoms with Gasteiger partial charge in [0.1, 0.15) is 0 Å². The highest BCUT2D eigenvalue weighted by atomic mass is 79.9. The zero-order valence-electron chi connectivity index (χ0n) is 10.0. The summed E-state index contributed by atoms with van der Waals surface area (Å²) in [6, 6.07) is 5.88. The van der Waals surface area contributed by atoms with E-state index in [2.05, 4.69) is 15.9 Å². The first-order valence-corrected chi connectivity index (χ1v) is 6.52. The third kappa shape index (κ3) is 2.72. The standard InChI is InChI=1S/C13H14BrNO3/c1-8-4-11(14)3-2-9(8)6-15-7-10(13(17)18)5-12(15)16/h2-4,10H,5-7H2,1H3,(H,17,18). The number of hydrogen-bond acceptors (Lipinski definition) is 2. The van der Waals surface area contributed by atoms with E-state index in [9.17, 15) is 9.59 Å².